The molecule has 0 aromatic carbocycles. The van der Waals surface area contributed by atoms with Crippen LogP contribution in [-0.2, 0) is 13.6 Å². The van der Waals surface area contributed by atoms with E-state index in [0.717, 1.165) is 18.8 Å². The van der Waals surface area contributed by atoms with Gasteiger partial charge in [-0.1, -0.05) is 19.3 Å². The van der Waals surface area contributed by atoms with Gasteiger partial charge in [0.1, 0.15) is 0 Å². The van der Waals surface area contributed by atoms with Crippen LogP contribution in [0, 0.1) is 6.92 Å². The first-order valence-corrected chi connectivity index (χ1v) is 7.47. The predicted octanol–water partition coefficient (Wildman–Crippen LogP) is 2.24. The molecular formula is C15H27N3O. The summed E-state index contributed by atoms with van der Waals surface area (Å²) in [6.07, 6.45) is 8.40. The molecule has 1 aliphatic rings. The van der Waals surface area contributed by atoms with E-state index < -0.39 is 0 Å². The third-order valence-corrected chi connectivity index (χ3v) is 4.08. The number of aryl methyl sites for hydroxylation is 2. The molecule has 0 radical (unpaired) electrons. The van der Waals surface area contributed by atoms with Crippen LogP contribution in [0.2, 0.25) is 0 Å². The highest BCUT2D eigenvalue weighted by Crippen LogP contribution is 2.24. The summed E-state index contributed by atoms with van der Waals surface area (Å²) in [6.45, 7) is 5.62. The molecule has 0 spiro atoms. The van der Waals surface area contributed by atoms with Gasteiger partial charge in [0.05, 0.1) is 11.8 Å². The quantitative estimate of drug-likeness (QED) is 0.887. The lowest BCUT2D eigenvalue weighted by atomic mass is 9.93. The van der Waals surface area contributed by atoms with E-state index in [1.165, 1.54) is 37.7 Å². The molecule has 0 amide bonds. The molecule has 1 atom stereocenters. The van der Waals surface area contributed by atoms with Crippen molar-refractivity contribution in [3.8, 4) is 0 Å². The van der Waals surface area contributed by atoms with Crippen LogP contribution in [0.25, 0.3) is 0 Å². The molecule has 1 unspecified atom stereocenters. The minimum absolute atomic E-state index is 0.265. The summed E-state index contributed by atoms with van der Waals surface area (Å²) < 4.78 is 1.88. The van der Waals surface area contributed by atoms with Gasteiger partial charge in [0.25, 0.3) is 0 Å². The molecule has 1 fully saturated rings. The van der Waals surface area contributed by atoms with E-state index >= 15 is 0 Å². The molecule has 108 valence electrons. The molecule has 1 saturated carbocycles. The summed E-state index contributed by atoms with van der Waals surface area (Å²) in [4.78, 5) is 2.45. The van der Waals surface area contributed by atoms with Crippen LogP contribution in [0.15, 0.2) is 6.20 Å². The van der Waals surface area contributed by atoms with Crippen LogP contribution in [0.4, 0.5) is 0 Å². The maximum atomic E-state index is 9.74. The van der Waals surface area contributed by atoms with E-state index in [-0.39, 0.29) is 6.10 Å². The fraction of sp³-hybridized carbons (Fsp3) is 0.800. The van der Waals surface area contributed by atoms with E-state index in [1.54, 1.807) is 0 Å². The monoisotopic (exact) mass is 265 g/mol. The van der Waals surface area contributed by atoms with Crippen LogP contribution < -0.4 is 0 Å². The number of rotatable bonds is 5. The summed E-state index contributed by atoms with van der Waals surface area (Å²) in [7, 11) is 1.97. The lowest BCUT2D eigenvalue weighted by molar-refractivity contribution is 0.0767. The average molecular weight is 265 g/mol. The molecule has 0 saturated heterocycles. The minimum Gasteiger partial charge on any atom is -0.392 e. The van der Waals surface area contributed by atoms with Crippen molar-refractivity contribution in [3.63, 3.8) is 0 Å². The third-order valence-electron chi connectivity index (χ3n) is 4.08. The Labute approximate surface area is 116 Å². The second-order valence-corrected chi connectivity index (χ2v) is 5.98. The third kappa shape index (κ3) is 4.05. The molecule has 1 aliphatic carbocycles. The minimum atomic E-state index is -0.265. The van der Waals surface area contributed by atoms with Gasteiger partial charge in [-0.25, -0.2) is 0 Å². The Balaban J connectivity index is 2.06. The number of aliphatic hydroxyl groups is 1. The van der Waals surface area contributed by atoms with Crippen molar-refractivity contribution in [2.45, 2.75) is 64.6 Å². The zero-order chi connectivity index (χ0) is 13.8. The van der Waals surface area contributed by atoms with Gasteiger partial charge in [-0.05, 0) is 26.7 Å². The van der Waals surface area contributed by atoms with Gasteiger partial charge >= 0.3 is 0 Å². The topological polar surface area (TPSA) is 41.3 Å². The Hall–Kier alpha value is -0.870. The molecule has 1 aromatic heterocycles. The molecule has 1 aromatic rings. The molecule has 1 heterocycles. The molecule has 0 aliphatic heterocycles. The normalized spacial score (nSPS) is 19.0. The van der Waals surface area contributed by atoms with E-state index in [1.807, 2.05) is 18.7 Å². The Morgan fingerprint density at radius 2 is 2.11 bits per heavy atom. The summed E-state index contributed by atoms with van der Waals surface area (Å²) in [6, 6.07) is 0.628. The molecule has 0 bridgehead atoms. The Morgan fingerprint density at radius 3 is 2.63 bits per heavy atom. The van der Waals surface area contributed by atoms with Gasteiger partial charge in [-0.2, -0.15) is 5.10 Å². The van der Waals surface area contributed by atoms with Gasteiger partial charge in [0.15, 0.2) is 0 Å². The summed E-state index contributed by atoms with van der Waals surface area (Å²) >= 11 is 0. The fourth-order valence-electron chi connectivity index (χ4n) is 3.15. The highest BCUT2D eigenvalue weighted by Gasteiger charge is 2.23. The fourth-order valence-corrected chi connectivity index (χ4v) is 3.15. The molecule has 19 heavy (non-hydrogen) atoms. The van der Waals surface area contributed by atoms with Crippen molar-refractivity contribution in [3.05, 3.63) is 17.5 Å². The van der Waals surface area contributed by atoms with Crippen molar-refractivity contribution >= 4 is 0 Å². The maximum absolute atomic E-state index is 9.74. The van der Waals surface area contributed by atoms with Crippen LogP contribution in [0.5, 0.6) is 0 Å². The highest BCUT2D eigenvalue weighted by atomic mass is 16.3. The van der Waals surface area contributed by atoms with Crippen LogP contribution in [0.3, 0.4) is 0 Å². The van der Waals surface area contributed by atoms with E-state index in [4.69, 9.17) is 0 Å². The van der Waals surface area contributed by atoms with Gasteiger partial charge in [0.2, 0.25) is 0 Å². The van der Waals surface area contributed by atoms with Crippen LogP contribution in [-0.4, -0.2) is 38.5 Å². The first-order chi connectivity index (χ1) is 9.06. The smallest absolute Gasteiger partial charge is 0.0639 e. The zero-order valence-corrected chi connectivity index (χ0v) is 12.5. The Bertz CT molecular complexity index is 394. The van der Waals surface area contributed by atoms with Gasteiger partial charge < -0.3 is 5.11 Å². The predicted molar refractivity (Wildman–Crippen MR) is 76.9 cm³/mol. The highest BCUT2D eigenvalue weighted by molar-refractivity contribution is 5.15. The molecule has 4 heteroatoms. The second-order valence-electron chi connectivity index (χ2n) is 5.98. The average Bonchev–Trinajstić information content (AvgIpc) is 2.67. The van der Waals surface area contributed by atoms with Gasteiger partial charge in [-0.3, -0.25) is 9.58 Å². The summed E-state index contributed by atoms with van der Waals surface area (Å²) in [5, 5.41) is 14.2. The molecular weight excluding hydrogens is 238 g/mol. The number of aliphatic hydroxyl groups excluding tert-OH is 1. The standard InChI is InChI=1S/C15H27N3O/c1-12(19)9-18(15-7-5-4-6-8-15)11-14-10-17(3)16-13(14)2/h10,12,15,19H,4-9,11H2,1-3H3. The first kappa shape index (κ1) is 14.5. The van der Waals surface area contributed by atoms with Crippen LogP contribution in [0.1, 0.15) is 50.3 Å². The summed E-state index contributed by atoms with van der Waals surface area (Å²) in [5.74, 6) is 0. The van der Waals surface area contributed by atoms with Crippen molar-refractivity contribution in [2.75, 3.05) is 6.54 Å². The van der Waals surface area contributed by atoms with E-state index in [0.29, 0.717) is 6.04 Å². The SMILES string of the molecule is Cc1nn(C)cc1CN(CC(C)O)C1CCCCC1. The van der Waals surface area contributed by atoms with Crippen molar-refractivity contribution < 1.29 is 5.11 Å². The Morgan fingerprint density at radius 1 is 1.42 bits per heavy atom. The number of nitrogens with zero attached hydrogens (tertiary/aromatic N) is 3. The second kappa shape index (κ2) is 6.53. The maximum Gasteiger partial charge on any atom is 0.0639 e. The number of hydrogen-bond donors (Lipinski definition) is 1. The molecule has 2 rings (SSSR count). The van der Waals surface area contributed by atoms with E-state index in [2.05, 4.69) is 23.1 Å². The van der Waals surface area contributed by atoms with Crippen LogP contribution >= 0.6 is 0 Å². The number of aromatic nitrogens is 2. The van der Waals surface area contributed by atoms with E-state index in [9.17, 15) is 5.11 Å². The molecule has 4 nitrogen and oxygen atoms in total. The molecule has 1 N–H and O–H groups in total. The van der Waals surface area contributed by atoms with Crippen molar-refractivity contribution in [2.24, 2.45) is 7.05 Å². The van der Waals surface area contributed by atoms with Crippen molar-refractivity contribution in [1.29, 1.82) is 0 Å². The lowest BCUT2D eigenvalue weighted by Crippen LogP contribution is -2.40. The zero-order valence-electron chi connectivity index (χ0n) is 12.5. The van der Waals surface area contributed by atoms with Gasteiger partial charge in [-0.15, -0.1) is 0 Å². The summed E-state index contributed by atoms with van der Waals surface area (Å²) in [5.41, 5.74) is 2.39. The van der Waals surface area contributed by atoms with Crippen molar-refractivity contribution in [1.82, 2.24) is 14.7 Å². The van der Waals surface area contributed by atoms with Gasteiger partial charge in [0, 0.05) is 37.9 Å². The Kier molecular flexibility index (Phi) is 4.99. The number of hydrogen-bond acceptors (Lipinski definition) is 3. The first-order valence-electron chi connectivity index (χ1n) is 7.47. The largest absolute Gasteiger partial charge is 0.392 e. The lowest BCUT2D eigenvalue weighted by Gasteiger charge is -2.35.